The molecule has 0 aromatic heterocycles. The van der Waals surface area contributed by atoms with Crippen LogP contribution in [-0.4, -0.2) is 50.6 Å². The summed E-state index contributed by atoms with van der Waals surface area (Å²) in [6.07, 6.45) is 6.10. The molecule has 1 aliphatic heterocycles. The first-order valence-corrected chi connectivity index (χ1v) is 11.8. The van der Waals surface area contributed by atoms with Crippen molar-refractivity contribution in [3.63, 3.8) is 0 Å². The Morgan fingerprint density at radius 1 is 1.03 bits per heavy atom. The molecule has 2 N–H and O–H groups in total. The van der Waals surface area contributed by atoms with E-state index in [1.54, 1.807) is 12.1 Å². The van der Waals surface area contributed by atoms with Crippen molar-refractivity contribution in [1.82, 2.24) is 4.90 Å². The highest BCUT2D eigenvalue weighted by molar-refractivity contribution is 7.83. The molecule has 1 heterocycles. The average Bonchev–Trinajstić information content (AvgIpc) is 2.84. The number of ether oxygens (including phenoxy) is 1. The van der Waals surface area contributed by atoms with Crippen LogP contribution in [-0.2, 0) is 4.74 Å². The van der Waals surface area contributed by atoms with Crippen molar-refractivity contribution in [3.8, 4) is 0 Å². The van der Waals surface area contributed by atoms with Crippen molar-refractivity contribution in [2.24, 2.45) is 10.7 Å². The molecule has 3 rings (SSSR count). The first-order valence-electron chi connectivity index (χ1n) is 11.3. The predicted octanol–water partition coefficient (Wildman–Crippen LogP) is 5.07. The van der Waals surface area contributed by atoms with E-state index in [1.165, 1.54) is 17.8 Å². The summed E-state index contributed by atoms with van der Waals surface area (Å²) in [5.74, 6) is -0.267. The van der Waals surface area contributed by atoms with Gasteiger partial charge in [-0.25, -0.2) is 9.38 Å². The Hall–Kier alpha value is -2.35. The highest BCUT2D eigenvalue weighted by Gasteiger charge is 2.13. The number of aliphatic imine (C=N–C) groups is 1. The fourth-order valence-corrected chi connectivity index (χ4v) is 3.96. The van der Waals surface area contributed by atoms with Gasteiger partial charge in [0.2, 0.25) is 0 Å². The van der Waals surface area contributed by atoms with Crippen LogP contribution in [0, 0.1) is 5.82 Å². The third kappa shape index (κ3) is 7.36. The number of morpholine rings is 1. The SMILES string of the molecule is NCCCCCCN(C=Nc1ccc(F)cc1)/C(=C\S)c1ccc(N2CCOCC2)cc1. The number of thiol groups is 1. The number of rotatable bonds is 11. The minimum absolute atomic E-state index is 0.267. The number of nitrogens with two attached hydrogens (primary N) is 1. The van der Waals surface area contributed by atoms with Gasteiger partial charge in [0.1, 0.15) is 5.82 Å². The van der Waals surface area contributed by atoms with Crippen molar-refractivity contribution in [1.29, 1.82) is 0 Å². The zero-order chi connectivity index (χ0) is 22.6. The third-order valence-electron chi connectivity index (χ3n) is 5.50. The minimum Gasteiger partial charge on any atom is -0.378 e. The van der Waals surface area contributed by atoms with Gasteiger partial charge in [0.15, 0.2) is 0 Å². The fraction of sp³-hybridized carbons (Fsp3) is 0.400. The predicted molar refractivity (Wildman–Crippen MR) is 135 cm³/mol. The Balaban J connectivity index is 1.74. The summed E-state index contributed by atoms with van der Waals surface area (Å²) >= 11 is 4.51. The number of benzene rings is 2. The Kier molecular flexibility index (Phi) is 10.1. The van der Waals surface area contributed by atoms with Crippen LogP contribution in [0.15, 0.2) is 58.9 Å². The molecule has 5 nitrogen and oxygen atoms in total. The number of nitrogens with zero attached hydrogens (tertiary/aromatic N) is 3. The molecule has 0 bridgehead atoms. The maximum absolute atomic E-state index is 13.2. The second kappa shape index (κ2) is 13.3. The molecule has 0 atom stereocenters. The molecule has 1 fully saturated rings. The highest BCUT2D eigenvalue weighted by Crippen LogP contribution is 2.25. The van der Waals surface area contributed by atoms with E-state index in [-0.39, 0.29) is 5.82 Å². The molecule has 32 heavy (non-hydrogen) atoms. The molecule has 0 aliphatic carbocycles. The molecular formula is C25H33FN4OS. The molecule has 0 amide bonds. The molecule has 0 radical (unpaired) electrons. The van der Waals surface area contributed by atoms with Gasteiger partial charge in [0.05, 0.1) is 30.9 Å². The zero-order valence-corrected chi connectivity index (χ0v) is 19.4. The second-order valence-corrected chi connectivity index (χ2v) is 8.04. The Morgan fingerprint density at radius 3 is 2.38 bits per heavy atom. The van der Waals surface area contributed by atoms with E-state index in [0.29, 0.717) is 5.69 Å². The standard InChI is InChI=1S/C25H33FN4OS/c26-22-7-9-23(10-8-22)28-20-30(14-4-2-1-3-13-27)25(19-32)21-5-11-24(12-6-21)29-15-17-31-18-16-29/h5-12,19-20,32H,1-4,13-18,27H2/b25-19-,28-20?. The summed E-state index contributed by atoms with van der Waals surface area (Å²) in [6, 6.07) is 14.7. The lowest BCUT2D eigenvalue weighted by Gasteiger charge is -2.29. The Labute approximate surface area is 196 Å². The third-order valence-corrected chi connectivity index (χ3v) is 5.74. The van der Waals surface area contributed by atoms with Crippen molar-refractivity contribution in [2.75, 3.05) is 44.3 Å². The van der Waals surface area contributed by atoms with Crippen LogP contribution in [0.1, 0.15) is 31.2 Å². The molecule has 2 aromatic carbocycles. The van der Waals surface area contributed by atoms with Crippen molar-refractivity contribution in [3.05, 3.63) is 65.3 Å². The van der Waals surface area contributed by atoms with Gasteiger partial charge >= 0.3 is 0 Å². The fourth-order valence-electron chi connectivity index (χ4n) is 3.66. The van der Waals surface area contributed by atoms with Crippen LogP contribution in [0.3, 0.4) is 0 Å². The quantitative estimate of drug-likeness (QED) is 0.214. The number of hydrogen-bond donors (Lipinski definition) is 2. The van der Waals surface area contributed by atoms with Gasteiger partial charge in [-0.15, -0.1) is 12.6 Å². The zero-order valence-electron chi connectivity index (χ0n) is 18.5. The van der Waals surface area contributed by atoms with Gasteiger partial charge in [-0.1, -0.05) is 25.0 Å². The summed E-state index contributed by atoms with van der Waals surface area (Å²) in [4.78, 5) is 9.01. The maximum atomic E-state index is 13.2. The smallest absolute Gasteiger partial charge is 0.123 e. The van der Waals surface area contributed by atoms with Gasteiger partial charge in [-0.3, -0.25) is 0 Å². The van der Waals surface area contributed by atoms with Crippen LogP contribution < -0.4 is 10.6 Å². The summed E-state index contributed by atoms with van der Waals surface area (Å²) in [6.45, 7) is 4.89. The molecule has 1 saturated heterocycles. The highest BCUT2D eigenvalue weighted by atomic mass is 32.1. The van der Waals surface area contributed by atoms with Crippen LogP contribution in [0.4, 0.5) is 15.8 Å². The normalized spacial score (nSPS) is 14.8. The van der Waals surface area contributed by atoms with Crippen molar-refractivity contribution >= 4 is 36.0 Å². The van der Waals surface area contributed by atoms with E-state index >= 15 is 0 Å². The van der Waals surface area contributed by atoms with Gasteiger partial charge in [-0.05, 0) is 66.8 Å². The molecule has 172 valence electrons. The molecule has 2 aromatic rings. The number of hydrogen-bond acceptors (Lipinski definition) is 5. The molecule has 1 aliphatic rings. The lowest BCUT2D eigenvalue weighted by molar-refractivity contribution is 0.122. The molecule has 0 spiro atoms. The lowest BCUT2D eigenvalue weighted by atomic mass is 10.1. The number of anilines is 1. The van der Waals surface area contributed by atoms with Gasteiger partial charge in [0.25, 0.3) is 0 Å². The van der Waals surface area contributed by atoms with Crippen LogP contribution in [0.5, 0.6) is 0 Å². The van der Waals surface area contributed by atoms with E-state index in [9.17, 15) is 4.39 Å². The van der Waals surface area contributed by atoms with Crippen molar-refractivity contribution in [2.45, 2.75) is 25.7 Å². The monoisotopic (exact) mass is 456 g/mol. The average molecular weight is 457 g/mol. The van der Waals surface area contributed by atoms with Crippen LogP contribution in [0.2, 0.25) is 0 Å². The summed E-state index contributed by atoms with van der Waals surface area (Å²) < 4.78 is 18.7. The van der Waals surface area contributed by atoms with E-state index < -0.39 is 0 Å². The van der Waals surface area contributed by atoms with Crippen LogP contribution >= 0.6 is 12.6 Å². The summed E-state index contributed by atoms with van der Waals surface area (Å²) in [5, 5.41) is 1.82. The van der Waals surface area contributed by atoms with E-state index in [2.05, 4.69) is 51.7 Å². The topological polar surface area (TPSA) is 54.1 Å². The molecular weight excluding hydrogens is 423 g/mol. The van der Waals surface area contributed by atoms with Gasteiger partial charge in [-0.2, -0.15) is 0 Å². The summed E-state index contributed by atoms with van der Waals surface area (Å²) in [7, 11) is 0. The largest absolute Gasteiger partial charge is 0.378 e. The number of unbranched alkanes of at least 4 members (excludes halogenated alkanes) is 3. The van der Waals surface area contributed by atoms with Crippen LogP contribution in [0.25, 0.3) is 5.70 Å². The molecule has 0 unspecified atom stereocenters. The van der Waals surface area contributed by atoms with Crippen molar-refractivity contribution < 1.29 is 9.13 Å². The first kappa shape index (κ1) is 24.3. The van der Waals surface area contributed by atoms with E-state index in [1.807, 2.05) is 11.7 Å². The van der Waals surface area contributed by atoms with Gasteiger partial charge < -0.3 is 20.3 Å². The Bertz CT molecular complexity index is 865. The molecule has 0 saturated carbocycles. The minimum atomic E-state index is -0.267. The first-order chi connectivity index (χ1) is 15.7. The lowest BCUT2D eigenvalue weighted by Crippen LogP contribution is -2.36. The molecule has 7 heteroatoms. The second-order valence-electron chi connectivity index (χ2n) is 7.78. The van der Waals surface area contributed by atoms with E-state index in [4.69, 9.17) is 10.5 Å². The van der Waals surface area contributed by atoms with E-state index in [0.717, 1.165) is 76.3 Å². The summed E-state index contributed by atoms with van der Waals surface area (Å²) in [5.41, 5.74) is 9.58. The Morgan fingerprint density at radius 2 is 1.72 bits per heavy atom. The van der Waals surface area contributed by atoms with Gasteiger partial charge in [0, 0.05) is 25.3 Å². The number of halogens is 1. The maximum Gasteiger partial charge on any atom is 0.123 e.